The predicted octanol–water partition coefficient (Wildman–Crippen LogP) is 1.96. The highest BCUT2D eigenvalue weighted by atomic mass is 32.2. The number of hydrogen-bond donors (Lipinski definition) is 1. The van der Waals surface area contributed by atoms with Gasteiger partial charge in [-0.05, 0) is 38.2 Å². The first-order valence-electron chi connectivity index (χ1n) is 4.71. The van der Waals surface area contributed by atoms with Crippen molar-refractivity contribution in [3.05, 3.63) is 11.6 Å². The second kappa shape index (κ2) is 5.32. The smallest absolute Gasteiger partial charge is 0.244 e. The van der Waals surface area contributed by atoms with Gasteiger partial charge in [0, 0.05) is 12.1 Å². The first kappa shape index (κ1) is 10.6. The van der Waals surface area contributed by atoms with Crippen molar-refractivity contribution in [3.63, 3.8) is 0 Å². The average molecular weight is 199 g/mol. The van der Waals surface area contributed by atoms with Gasteiger partial charge in [-0.1, -0.05) is 5.57 Å². The molecule has 74 valence electrons. The molecule has 1 rings (SSSR count). The Morgan fingerprint density at radius 1 is 1.38 bits per heavy atom. The van der Waals surface area contributed by atoms with Gasteiger partial charge in [-0.3, -0.25) is 4.79 Å². The Balaban J connectivity index is 2.30. The Hall–Kier alpha value is -0.440. The van der Waals surface area contributed by atoms with E-state index in [1.807, 2.05) is 25.6 Å². The zero-order valence-electron chi connectivity index (χ0n) is 8.30. The molecule has 13 heavy (non-hydrogen) atoms. The number of nitrogens with one attached hydrogen (secondary N) is 1. The van der Waals surface area contributed by atoms with E-state index in [1.54, 1.807) is 6.08 Å². The number of rotatable bonds is 2. The van der Waals surface area contributed by atoms with Crippen LogP contribution >= 0.6 is 11.8 Å². The van der Waals surface area contributed by atoms with Crippen molar-refractivity contribution in [2.75, 3.05) is 11.5 Å². The monoisotopic (exact) mass is 199 g/mol. The molecule has 0 aromatic heterocycles. The molecule has 0 atom stereocenters. The molecule has 0 bridgehead atoms. The maximum absolute atomic E-state index is 11.3. The minimum Gasteiger partial charge on any atom is -0.350 e. The van der Waals surface area contributed by atoms with E-state index in [1.165, 1.54) is 11.5 Å². The Morgan fingerprint density at radius 2 is 2.00 bits per heavy atom. The Bertz CT molecular complexity index is 203. The SMILES string of the molecule is CC(C)=CC(=O)NC1CCSCC1. The largest absolute Gasteiger partial charge is 0.350 e. The van der Waals surface area contributed by atoms with Crippen LogP contribution in [0.25, 0.3) is 0 Å². The van der Waals surface area contributed by atoms with Crippen LogP contribution in [0, 0.1) is 0 Å². The van der Waals surface area contributed by atoms with E-state index in [2.05, 4.69) is 5.32 Å². The van der Waals surface area contributed by atoms with Gasteiger partial charge in [-0.15, -0.1) is 0 Å². The lowest BCUT2D eigenvalue weighted by Gasteiger charge is -2.21. The minimum atomic E-state index is 0.0666. The third-order valence-electron chi connectivity index (χ3n) is 1.99. The first-order chi connectivity index (χ1) is 6.18. The summed E-state index contributed by atoms with van der Waals surface area (Å²) in [5.41, 5.74) is 1.06. The third kappa shape index (κ3) is 4.36. The fourth-order valence-corrected chi connectivity index (χ4v) is 2.45. The molecule has 0 unspecified atom stereocenters. The molecule has 1 amide bonds. The van der Waals surface area contributed by atoms with Crippen molar-refractivity contribution in [2.24, 2.45) is 0 Å². The Kier molecular flexibility index (Phi) is 4.36. The van der Waals surface area contributed by atoms with Crippen LogP contribution in [0.15, 0.2) is 11.6 Å². The summed E-state index contributed by atoms with van der Waals surface area (Å²) in [5, 5.41) is 3.02. The molecule has 1 saturated heterocycles. The molecular weight excluding hydrogens is 182 g/mol. The second-order valence-corrected chi connectivity index (χ2v) is 4.84. The Labute approximate surface area is 84.2 Å². The summed E-state index contributed by atoms with van der Waals surface area (Å²) in [7, 11) is 0. The molecule has 1 N–H and O–H groups in total. The van der Waals surface area contributed by atoms with Crippen molar-refractivity contribution in [2.45, 2.75) is 32.7 Å². The summed E-state index contributed by atoms with van der Waals surface area (Å²) in [4.78, 5) is 11.3. The number of thioether (sulfide) groups is 1. The molecule has 0 saturated carbocycles. The van der Waals surface area contributed by atoms with Gasteiger partial charge >= 0.3 is 0 Å². The lowest BCUT2D eigenvalue weighted by atomic mass is 10.1. The zero-order chi connectivity index (χ0) is 9.68. The molecule has 1 fully saturated rings. The van der Waals surface area contributed by atoms with Gasteiger partial charge in [0.1, 0.15) is 0 Å². The molecule has 1 aliphatic rings. The third-order valence-corrected chi connectivity index (χ3v) is 3.04. The van der Waals surface area contributed by atoms with Crippen LogP contribution in [0.5, 0.6) is 0 Å². The van der Waals surface area contributed by atoms with Crippen molar-refractivity contribution in [3.8, 4) is 0 Å². The van der Waals surface area contributed by atoms with Crippen LogP contribution in [0.1, 0.15) is 26.7 Å². The maximum atomic E-state index is 11.3. The molecule has 0 radical (unpaired) electrons. The molecule has 3 heteroatoms. The molecular formula is C10H17NOS. The summed E-state index contributed by atoms with van der Waals surface area (Å²) in [5.74, 6) is 2.43. The highest BCUT2D eigenvalue weighted by Gasteiger charge is 2.14. The number of allylic oxidation sites excluding steroid dienone is 1. The van der Waals surface area contributed by atoms with Crippen LogP contribution in [0.4, 0.5) is 0 Å². The summed E-state index contributed by atoms with van der Waals surface area (Å²) in [6.45, 7) is 3.88. The van der Waals surface area contributed by atoms with Gasteiger partial charge in [0.25, 0.3) is 0 Å². The number of carbonyl (C=O) groups is 1. The van der Waals surface area contributed by atoms with Crippen LogP contribution in [-0.4, -0.2) is 23.5 Å². The fraction of sp³-hybridized carbons (Fsp3) is 0.700. The van der Waals surface area contributed by atoms with Crippen LogP contribution < -0.4 is 5.32 Å². The lowest BCUT2D eigenvalue weighted by molar-refractivity contribution is -0.117. The van der Waals surface area contributed by atoms with Crippen LogP contribution in [0.2, 0.25) is 0 Å². The normalized spacial score (nSPS) is 18.0. The predicted molar refractivity (Wildman–Crippen MR) is 57.9 cm³/mol. The van der Waals surface area contributed by atoms with Gasteiger partial charge in [0.15, 0.2) is 0 Å². The maximum Gasteiger partial charge on any atom is 0.244 e. The van der Waals surface area contributed by atoms with E-state index in [-0.39, 0.29) is 5.91 Å². The standard InChI is InChI=1S/C10H17NOS/c1-8(2)7-10(12)11-9-3-5-13-6-4-9/h7,9H,3-6H2,1-2H3,(H,11,12). The van der Waals surface area contributed by atoms with Gasteiger partial charge in [-0.25, -0.2) is 0 Å². The lowest BCUT2D eigenvalue weighted by Crippen LogP contribution is -2.36. The molecule has 0 aromatic carbocycles. The quantitative estimate of drug-likeness (QED) is 0.689. The summed E-state index contributed by atoms with van der Waals surface area (Å²) in [6.07, 6.45) is 3.90. The molecule has 2 nitrogen and oxygen atoms in total. The molecule has 1 aliphatic heterocycles. The first-order valence-corrected chi connectivity index (χ1v) is 5.87. The van der Waals surface area contributed by atoms with Gasteiger partial charge < -0.3 is 5.32 Å². The summed E-state index contributed by atoms with van der Waals surface area (Å²) >= 11 is 1.97. The second-order valence-electron chi connectivity index (χ2n) is 3.62. The van der Waals surface area contributed by atoms with E-state index < -0.39 is 0 Å². The van der Waals surface area contributed by atoms with Gasteiger partial charge in [-0.2, -0.15) is 11.8 Å². The van der Waals surface area contributed by atoms with Crippen LogP contribution in [0.3, 0.4) is 0 Å². The van der Waals surface area contributed by atoms with Crippen molar-refractivity contribution in [1.82, 2.24) is 5.32 Å². The fourth-order valence-electron chi connectivity index (χ4n) is 1.35. The van der Waals surface area contributed by atoms with E-state index in [0.717, 1.165) is 18.4 Å². The number of hydrogen-bond acceptors (Lipinski definition) is 2. The topological polar surface area (TPSA) is 29.1 Å². The molecule has 0 spiro atoms. The molecule has 1 heterocycles. The van der Waals surface area contributed by atoms with E-state index in [9.17, 15) is 4.79 Å². The van der Waals surface area contributed by atoms with Crippen molar-refractivity contribution in [1.29, 1.82) is 0 Å². The molecule has 0 aliphatic carbocycles. The van der Waals surface area contributed by atoms with Gasteiger partial charge in [0.05, 0.1) is 0 Å². The van der Waals surface area contributed by atoms with Crippen molar-refractivity contribution >= 4 is 17.7 Å². The van der Waals surface area contributed by atoms with E-state index in [4.69, 9.17) is 0 Å². The number of amides is 1. The minimum absolute atomic E-state index is 0.0666. The Morgan fingerprint density at radius 3 is 2.54 bits per heavy atom. The molecule has 0 aromatic rings. The highest BCUT2D eigenvalue weighted by Crippen LogP contribution is 2.16. The zero-order valence-corrected chi connectivity index (χ0v) is 9.12. The summed E-state index contributed by atoms with van der Waals surface area (Å²) < 4.78 is 0. The van der Waals surface area contributed by atoms with E-state index in [0.29, 0.717) is 6.04 Å². The van der Waals surface area contributed by atoms with Crippen molar-refractivity contribution < 1.29 is 4.79 Å². The van der Waals surface area contributed by atoms with Crippen LogP contribution in [-0.2, 0) is 4.79 Å². The van der Waals surface area contributed by atoms with Gasteiger partial charge in [0.2, 0.25) is 5.91 Å². The highest BCUT2D eigenvalue weighted by molar-refractivity contribution is 7.99. The average Bonchev–Trinajstić information content (AvgIpc) is 2.04. The summed E-state index contributed by atoms with van der Waals surface area (Å²) in [6, 6.07) is 0.407. The van der Waals surface area contributed by atoms with E-state index >= 15 is 0 Å². The number of carbonyl (C=O) groups excluding carboxylic acids is 1.